The Bertz CT molecular complexity index is 1070. The number of pyridine rings is 1. The van der Waals surface area contributed by atoms with Crippen LogP contribution in [0.2, 0.25) is 5.02 Å². The van der Waals surface area contributed by atoms with E-state index in [0.717, 1.165) is 12.1 Å². The lowest BCUT2D eigenvalue weighted by atomic mass is 10.0. The smallest absolute Gasteiger partial charge is 0.461 e. The van der Waals surface area contributed by atoms with Gasteiger partial charge in [-0.1, -0.05) is 30.6 Å². The summed E-state index contributed by atoms with van der Waals surface area (Å²) in [6.07, 6.45) is -8.26. The summed E-state index contributed by atoms with van der Waals surface area (Å²) >= 11 is 5.81. The van der Waals surface area contributed by atoms with Crippen molar-refractivity contribution in [1.29, 1.82) is 0 Å². The van der Waals surface area contributed by atoms with Gasteiger partial charge in [-0.3, -0.25) is 9.78 Å². The molecule has 2 atom stereocenters. The largest absolute Gasteiger partial charge is 0.481 e. The summed E-state index contributed by atoms with van der Waals surface area (Å²) in [7, 11) is 0. The Morgan fingerprint density at radius 2 is 1.91 bits per heavy atom. The summed E-state index contributed by atoms with van der Waals surface area (Å²) in [5.74, 6) is -3.47. The number of carbonyl (C=O) groups is 2. The zero-order valence-corrected chi connectivity index (χ0v) is 19.0. The average molecular weight is 523 g/mol. The van der Waals surface area contributed by atoms with Crippen LogP contribution in [0.25, 0.3) is 0 Å². The van der Waals surface area contributed by atoms with E-state index in [1.807, 2.05) is 0 Å². The van der Waals surface area contributed by atoms with Crippen molar-refractivity contribution in [2.24, 2.45) is 16.1 Å². The van der Waals surface area contributed by atoms with Crippen LogP contribution in [-0.2, 0) is 4.79 Å². The van der Waals surface area contributed by atoms with Crippen LogP contribution in [0.4, 0.5) is 26.7 Å². The lowest BCUT2D eigenvalue weighted by molar-refractivity contribution is -0.253. The number of aromatic nitrogens is 1. The van der Waals surface area contributed by atoms with E-state index in [4.69, 9.17) is 16.7 Å². The third kappa shape index (κ3) is 8.42. The number of azo groups is 1. The number of benzene rings is 1. The van der Waals surface area contributed by atoms with E-state index in [-0.39, 0.29) is 28.6 Å². The minimum Gasteiger partial charge on any atom is -0.481 e. The molecule has 0 spiro atoms. The monoisotopic (exact) mass is 522 g/mol. The highest BCUT2D eigenvalue weighted by atomic mass is 35.5. The predicted molar refractivity (Wildman–Crippen MR) is 113 cm³/mol. The van der Waals surface area contributed by atoms with Gasteiger partial charge in [0.2, 0.25) is 0 Å². The summed E-state index contributed by atoms with van der Waals surface area (Å²) in [4.78, 5) is 27.3. The zero-order chi connectivity index (χ0) is 26.3. The van der Waals surface area contributed by atoms with Gasteiger partial charge in [-0.2, -0.15) is 22.7 Å². The van der Waals surface area contributed by atoms with Crippen LogP contribution in [0.3, 0.4) is 0 Å². The average Bonchev–Trinajstić information content (AvgIpc) is 2.73. The first-order chi connectivity index (χ1) is 16.3. The molecule has 2 amide bonds. The van der Waals surface area contributed by atoms with Crippen molar-refractivity contribution in [1.82, 2.24) is 10.3 Å². The second kappa shape index (κ2) is 11.9. The Hall–Kier alpha value is -3.35. The van der Waals surface area contributed by atoms with Crippen molar-refractivity contribution in [3.05, 3.63) is 58.6 Å². The quantitative estimate of drug-likeness (QED) is 0.300. The molecule has 1 aromatic heterocycles. The molecule has 0 radical (unpaired) electrons. The van der Waals surface area contributed by atoms with E-state index in [0.29, 0.717) is 6.07 Å². The summed E-state index contributed by atoms with van der Waals surface area (Å²) < 4.78 is 69.8. The van der Waals surface area contributed by atoms with E-state index in [1.54, 1.807) is 13.8 Å². The molecule has 1 aromatic carbocycles. The number of hydrogen-bond acceptors (Lipinski definition) is 5. The summed E-state index contributed by atoms with van der Waals surface area (Å²) in [6, 6.07) is 1.67. The maximum absolute atomic E-state index is 14.2. The first-order valence-electron chi connectivity index (χ1n) is 9.98. The zero-order valence-electron chi connectivity index (χ0n) is 18.3. The lowest BCUT2D eigenvalue weighted by Crippen LogP contribution is -2.38. The van der Waals surface area contributed by atoms with Crippen molar-refractivity contribution < 1.29 is 41.4 Å². The second-order valence-corrected chi connectivity index (χ2v) is 8.04. The fraction of sp³-hybridized carbons (Fsp3) is 0.381. The first kappa shape index (κ1) is 27.9. The van der Waals surface area contributed by atoms with E-state index in [2.05, 4.69) is 25.3 Å². The molecule has 2 N–H and O–H groups in total. The van der Waals surface area contributed by atoms with Gasteiger partial charge in [0.1, 0.15) is 17.6 Å². The molecule has 0 fully saturated rings. The molecule has 2 aromatic rings. The molecule has 0 saturated heterocycles. The number of alkyl halides is 4. The molecule has 2 rings (SSSR count). The highest BCUT2D eigenvalue weighted by molar-refractivity contribution is 6.30. The van der Waals surface area contributed by atoms with Crippen LogP contribution < -0.4 is 10.1 Å². The number of halogens is 6. The summed E-state index contributed by atoms with van der Waals surface area (Å²) in [6.45, 7) is 3.35. The predicted octanol–water partition coefficient (Wildman–Crippen LogP) is 5.86. The topological polar surface area (TPSA) is 113 Å². The van der Waals surface area contributed by atoms with Gasteiger partial charge in [-0.15, -0.1) is 0 Å². The SMILES string of the molecule is CC(C)C(CC(=O)O)NC(=O)N=N[C@@H](c1cc(F)cc(OC(F)(F)C(F)F)c1)c1ccc(Cl)cn1. The van der Waals surface area contributed by atoms with E-state index >= 15 is 0 Å². The van der Waals surface area contributed by atoms with Crippen LogP contribution in [0.5, 0.6) is 5.75 Å². The number of urea groups is 1. The van der Waals surface area contributed by atoms with Gasteiger partial charge in [-0.25, -0.2) is 9.18 Å². The fourth-order valence-corrected chi connectivity index (χ4v) is 2.90. The highest BCUT2D eigenvalue weighted by Gasteiger charge is 2.44. The van der Waals surface area contributed by atoms with E-state index in [1.165, 1.54) is 18.3 Å². The molecule has 35 heavy (non-hydrogen) atoms. The molecular formula is C21H20ClF5N4O4. The molecule has 1 heterocycles. The molecule has 0 aliphatic carbocycles. The number of carboxylic acid groups (broad SMARTS) is 1. The number of ether oxygens (including phenoxy) is 1. The van der Waals surface area contributed by atoms with Crippen LogP contribution >= 0.6 is 11.6 Å². The number of rotatable bonds is 10. The minimum atomic E-state index is -4.89. The Labute approximate surface area is 201 Å². The van der Waals surface area contributed by atoms with Gasteiger partial charge >= 0.3 is 24.5 Å². The molecule has 14 heteroatoms. The number of amides is 2. The Kier molecular flexibility index (Phi) is 9.46. The molecule has 190 valence electrons. The van der Waals surface area contributed by atoms with Crippen molar-refractivity contribution in [3.63, 3.8) is 0 Å². The van der Waals surface area contributed by atoms with Gasteiger partial charge in [-0.05, 0) is 35.7 Å². The summed E-state index contributed by atoms with van der Waals surface area (Å²) in [5.41, 5.74) is -0.156. The van der Waals surface area contributed by atoms with Gasteiger partial charge in [0, 0.05) is 18.3 Å². The van der Waals surface area contributed by atoms with Gasteiger partial charge in [0.25, 0.3) is 0 Å². The van der Waals surface area contributed by atoms with Gasteiger partial charge in [0.05, 0.1) is 17.1 Å². The highest BCUT2D eigenvalue weighted by Crippen LogP contribution is 2.33. The van der Waals surface area contributed by atoms with E-state index < -0.39 is 48.2 Å². The van der Waals surface area contributed by atoms with Crippen molar-refractivity contribution in [3.8, 4) is 5.75 Å². The first-order valence-corrected chi connectivity index (χ1v) is 10.4. The Morgan fingerprint density at radius 3 is 2.46 bits per heavy atom. The minimum absolute atomic E-state index is 0.0501. The lowest BCUT2D eigenvalue weighted by Gasteiger charge is -2.19. The molecule has 0 saturated carbocycles. The van der Waals surface area contributed by atoms with Crippen molar-refractivity contribution in [2.75, 3.05) is 0 Å². The number of nitrogens with one attached hydrogen (secondary N) is 1. The van der Waals surface area contributed by atoms with Gasteiger partial charge < -0.3 is 15.2 Å². The fourth-order valence-electron chi connectivity index (χ4n) is 2.79. The number of nitrogens with zero attached hydrogens (tertiary/aromatic N) is 3. The molecule has 0 aliphatic rings. The second-order valence-electron chi connectivity index (χ2n) is 7.60. The molecule has 0 aliphatic heterocycles. The van der Waals surface area contributed by atoms with Crippen molar-refractivity contribution in [2.45, 2.75) is 44.9 Å². The van der Waals surface area contributed by atoms with Crippen LogP contribution in [0, 0.1) is 11.7 Å². The Morgan fingerprint density at radius 1 is 1.23 bits per heavy atom. The number of aliphatic carboxylic acids is 1. The molecular weight excluding hydrogens is 503 g/mol. The maximum Gasteiger partial charge on any atom is 0.461 e. The molecule has 1 unspecified atom stereocenters. The Balaban J connectivity index is 2.41. The maximum atomic E-state index is 14.2. The van der Waals surface area contributed by atoms with Crippen molar-refractivity contribution >= 4 is 23.6 Å². The number of carbonyl (C=O) groups excluding carboxylic acids is 1. The molecule has 0 bridgehead atoms. The summed E-state index contributed by atoms with van der Waals surface area (Å²) in [5, 5.41) is 18.8. The van der Waals surface area contributed by atoms with E-state index in [9.17, 15) is 31.5 Å². The normalized spacial score (nSPS) is 13.8. The van der Waals surface area contributed by atoms with Crippen LogP contribution in [0.1, 0.15) is 37.6 Å². The van der Waals surface area contributed by atoms with Crippen LogP contribution in [0.15, 0.2) is 46.8 Å². The standard InChI is InChI=1S/C21H20ClF5N4O4/c1-10(2)16(8-17(32)33)29-20(34)31-30-18(15-4-3-12(22)9-28-15)11-5-13(23)7-14(6-11)35-21(26,27)19(24)25/h3-7,9-10,16,18-19H,8H2,1-2H3,(H,29,34)(H,32,33)/t16?,18-/m0/s1. The number of carboxylic acids is 1. The number of hydrogen-bond donors (Lipinski definition) is 2. The third-order valence-electron chi connectivity index (χ3n) is 4.52. The van der Waals surface area contributed by atoms with Crippen LogP contribution in [-0.4, -0.2) is 40.7 Å². The van der Waals surface area contributed by atoms with Gasteiger partial charge in [0.15, 0.2) is 0 Å². The molecule has 8 nitrogen and oxygen atoms in total. The third-order valence-corrected chi connectivity index (χ3v) is 4.74.